The quantitative estimate of drug-likeness (QED) is 0.155. The van der Waals surface area contributed by atoms with E-state index in [9.17, 15) is 46.1 Å². The van der Waals surface area contributed by atoms with Crippen LogP contribution in [0.3, 0.4) is 0 Å². The van der Waals surface area contributed by atoms with E-state index < -0.39 is 57.5 Å². The first kappa shape index (κ1) is 41.3. The van der Waals surface area contributed by atoms with Gasteiger partial charge >= 0.3 is 12.4 Å². The molecule has 0 radical (unpaired) electrons. The second-order valence-corrected chi connectivity index (χ2v) is 15.8. The van der Waals surface area contributed by atoms with Crippen LogP contribution in [0.2, 0.25) is 0 Å². The van der Waals surface area contributed by atoms with Gasteiger partial charge < -0.3 is 29.5 Å². The van der Waals surface area contributed by atoms with Crippen molar-refractivity contribution >= 4 is 23.2 Å². The number of aliphatic hydroxyl groups excluding tert-OH is 1. The lowest BCUT2D eigenvalue weighted by Gasteiger charge is -2.51. The summed E-state index contributed by atoms with van der Waals surface area (Å²) < 4.78 is 96.1. The van der Waals surface area contributed by atoms with E-state index in [2.05, 4.69) is 11.6 Å². The molecule has 2 aromatic heterocycles. The SMILES string of the molecule is C=C(O)C1CCC(Oc2ccccc2C2(O)CCN(C(=O)[C@]3(Oc4csc(C(F)(F)F)c4)CCCN(C(=O)c4ncccc4C(F)(F)F)[C@@H]3CCC)CC2)CC1. The predicted octanol–water partition coefficient (Wildman–Crippen LogP) is 8.92. The number of amides is 2. The van der Waals surface area contributed by atoms with E-state index >= 15 is 0 Å². The van der Waals surface area contributed by atoms with E-state index in [0.29, 0.717) is 54.8 Å². The number of carbonyl (C=O) groups is 2. The molecule has 3 fully saturated rings. The summed E-state index contributed by atoms with van der Waals surface area (Å²) in [7, 11) is 0. The second kappa shape index (κ2) is 16.3. The highest BCUT2D eigenvalue weighted by atomic mass is 32.1. The molecule has 2 amide bonds. The van der Waals surface area contributed by atoms with Gasteiger partial charge in [0.1, 0.15) is 22.1 Å². The molecule has 2 N–H and O–H groups in total. The molecule has 6 rings (SSSR count). The normalized spacial score (nSPS) is 24.4. The van der Waals surface area contributed by atoms with E-state index in [1.807, 2.05) is 0 Å². The van der Waals surface area contributed by atoms with Gasteiger partial charge in [0.25, 0.3) is 11.8 Å². The number of ether oxygens (including phenoxy) is 2. The summed E-state index contributed by atoms with van der Waals surface area (Å²) >= 11 is 0.376. The van der Waals surface area contributed by atoms with Gasteiger partial charge in [-0.15, -0.1) is 11.3 Å². The molecule has 2 saturated heterocycles. The third kappa shape index (κ3) is 8.50. The van der Waals surface area contributed by atoms with E-state index in [0.717, 1.165) is 34.7 Å². The number of alkyl halides is 6. The van der Waals surface area contributed by atoms with Crippen LogP contribution in [0, 0.1) is 5.92 Å². The Balaban J connectivity index is 1.29. The number of rotatable bonds is 10. The van der Waals surface area contributed by atoms with Crippen LogP contribution < -0.4 is 9.47 Å². The first-order valence-corrected chi connectivity index (χ1v) is 19.7. The Kier molecular flexibility index (Phi) is 12.0. The number of hydrogen-bond donors (Lipinski definition) is 2. The minimum Gasteiger partial charge on any atom is -0.513 e. The largest absolute Gasteiger partial charge is 0.513 e. The second-order valence-electron chi connectivity index (χ2n) is 14.8. The molecule has 9 nitrogen and oxygen atoms in total. The van der Waals surface area contributed by atoms with Crippen LogP contribution in [0.25, 0.3) is 0 Å². The van der Waals surface area contributed by atoms with Crippen LogP contribution in [0.4, 0.5) is 26.3 Å². The van der Waals surface area contributed by atoms with Gasteiger partial charge in [0.2, 0.25) is 5.60 Å². The Morgan fingerprint density at radius 1 is 0.982 bits per heavy atom. The molecule has 56 heavy (non-hydrogen) atoms. The van der Waals surface area contributed by atoms with Crippen LogP contribution in [0.15, 0.2) is 66.4 Å². The number of piperidine rings is 2. The minimum absolute atomic E-state index is 0.00118. The van der Waals surface area contributed by atoms with Crippen LogP contribution in [-0.4, -0.2) is 74.2 Å². The maximum Gasteiger partial charge on any atom is 0.425 e. The van der Waals surface area contributed by atoms with Crippen LogP contribution >= 0.6 is 11.3 Å². The molecule has 304 valence electrons. The number of allylic oxidation sites excluding steroid dienone is 1. The Morgan fingerprint density at radius 2 is 1.68 bits per heavy atom. The monoisotopic (exact) mass is 809 g/mol. The average molecular weight is 810 g/mol. The number of halogens is 6. The summed E-state index contributed by atoms with van der Waals surface area (Å²) in [4.78, 5) is 34.5. The number of carbonyl (C=O) groups excluding carboxylic acids is 2. The van der Waals surface area contributed by atoms with Crippen molar-refractivity contribution in [3.8, 4) is 11.5 Å². The number of pyridine rings is 1. The molecular formula is C40H45F6N3O6S. The van der Waals surface area contributed by atoms with Gasteiger partial charge in [0, 0.05) is 55.2 Å². The number of aromatic nitrogens is 1. The van der Waals surface area contributed by atoms with Crippen molar-refractivity contribution in [1.82, 2.24) is 14.8 Å². The molecule has 4 heterocycles. The molecule has 3 aromatic rings. The fourth-order valence-electron chi connectivity index (χ4n) is 8.34. The molecule has 2 aliphatic heterocycles. The molecular weight excluding hydrogens is 765 g/mol. The predicted molar refractivity (Wildman–Crippen MR) is 195 cm³/mol. The van der Waals surface area contributed by atoms with E-state index in [-0.39, 0.29) is 75.3 Å². The maximum atomic E-state index is 15.0. The van der Waals surface area contributed by atoms with Gasteiger partial charge in [-0.2, -0.15) is 26.3 Å². The lowest BCUT2D eigenvalue weighted by atomic mass is 9.78. The molecule has 1 aromatic carbocycles. The Bertz CT molecular complexity index is 1890. The van der Waals surface area contributed by atoms with Crippen LogP contribution in [-0.2, 0) is 22.7 Å². The molecule has 2 atom stereocenters. The highest BCUT2D eigenvalue weighted by Gasteiger charge is 2.57. The summed E-state index contributed by atoms with van der Waals surface area (Å²) in [6.45, 7) is 5.37. The van der Waals surface area contributed by atoms with Crippen molar-refractivity contribution in [2.24, 2.45) is 5.92 Å². The first-order chi connectivity index (χ1) is 26.5. The number of para-hydroxylation sites is 1. The van der Waals surface area contributed by atoms with Gasteiger partial charge in [-0.05, 0) is 69.6 Å². The first-order valence-electron chi connectivity index (χ1n) is 18.8. The lowest BCUT2D eigenvalue weighted by Crippen LogP contribution is -2.68. The molecule has 16 heteroatoms. The molecule has 1 aliphatic carbocycles. The Labute approximate surface area is 324 Å². The lowest BCUT2D eigenvalue weighted by molar-refractivity contribution is -0.163. The minimum atomic E-state index is -4.91. The average Bonchev–Trinajstić information content (AvgIpc) is 3.65. The molecule has 0 bridgehead atoms. The standard InChI is InChI=1S/C40H45F6N3O6S/c1-3-8-32-38(55-28-23-33(56-24-28)40(44,45)46,16-7-20-49(32)35(51)34-30(39(41,42)43)10-6-19-47-34)36(52)48-21-17-37(53,18-22-48)29-9-4-5-11-31(29)54-27-14-12-26(13-15-27)25(2)50/h4-6,9-11,19,23-24,26-27,32,50,53H,2-3,7-8,12-18,20-22H2,1H3/t26?,27?,32-,38+/m1/s1. The van der Waals surface area contributed by atoms with Crippen molar-refractivity contribution in [1.29, 1.82) is 0 Å². The van der Waals surface area contributed by atoms with Gasteiger partial charge in [-0.3, -0.25) is 14.6 Å². The van der Waals surface area contributed by atoms with Crippen molar-refractivity contribution < 1.29 is 55.6 Å². The zero-order chi connectivity index (χ0) is 40.5. The van der Waals surface area contributed by atoms with Gasteiger partial charge in [0.05, 0.1) is 29.1 Å². The van der Waals surface area contributed by atoms with Crippen molar-refractivity contribution in [2.75, 3.05) is 19.6 Å². The fraction of sp³-hybridized carbons (Fsp3) is 0.525. The van der Waals surface area contributed by atoms with Gasteiger partial charge in [-0.25, -0.2) is 0 Å². The van der Waals surface area contributed by atoms with Crippen molar-refractivity contribution in [3.63, 3.8) is 0 Å². The molecule has 0 spiro atoms. The number of hydrogen-bond acceptors (Lipinski definition) is 8. The molecule has 3 aliphatic rings. The Morgan fingerprint density at radius 3 is 2.30 bits per heavy atom. The summed E-state index contributed by atoms with van der Waals surface area (Å²) in [6, 6.07) is 8.53. The smallest absolute Gasteiger partial charge is 0.425 e. The highest BCUT2D eigenvalue weighted by Crippen LogP contribution is 2.45. The number of likely N-dealkylation sites (tertiary alicyclic amines) is 2. The van der Waals surface area contributed by atoms with Crippen molar-refractivity contribution in [3.05, 3.63) is 88.1 Å². The summed E-state index contributed by atoms with van der Waals surface area (Å²) in [5, 5.41) is 23.0. The zero-order valence-corrected chi connectivity index (χ0v) is 31.7. The fourth-order valence-corrected chi connectivity index (χ4v) is 9.02. The van der Waals surface area contributed by atoms with Gasteiger partial charge in [0.15, 0.2) is 0 Å². The molecule has 1 saturated carbocycles. The van der Waals surface area contributed by atoms with Crippen LogP contribution in [0.1, 0.15) is 97.6 Å². The van der Waals surface area contributed by atoms with E-state index in [1.165, 1.54) is 4.90 Å². The number of thiophene rings is 1. The third-order valence-electron chi connectivity index (χ3n) is 11.2. The highest BCUT2D eigenvalue weighted by molar-refractivity contribution is 7.10. The third-order valence-corrected chi connectivity index (χ3v) is 12.2. The van der Waals surface area contributed by atoms with Gasteiger partial charge in [-0.1, -0.05) is 38.1 Å². The van der Waals surface area contributed by atoms with E-state index in [1.54, 1.807) is 31.2 Å². The number of aliphatic hydroxyl groups is 2. The van der Waals surface area contributed by atoms with Crippen LogP contribution in [0.5, 0.6) is 11.5 Å². The molecule has 0 unspecified atom stereocenters. The summed E-state index contributed by atoms with van der Waals surface area (Å²) in [5.74, 6) is -1.30. The maximum absolute atomic E-state index is 15.0. The number of nitrogens with zero attached hydrogens (tertiary/aromatic N) is 3. The van der Waals surface area contributed by atoms with E-state index in [4.69, 9.17) is 9.47 Å². The topological polar surface area (TPSA) is 112 Å². The van der Waals surface area contributed by atoms with Crippen molar-refractivity contribution in [2.45, 2.75) is 107 Å². The summed E-state index contributed by atoms with van der Waals surface area (Å²) in [6.07, 6.45) is -5.26. The zero-order valence-electron chi connectivity index (χ0n) is 30.9. The summed E-state index contributed by atoms with van der Waals surface area (Å²) in [5.41, 5.74) is -4.96. The Hall–Kier alpha value is -4.31. The number of benzene rings is 1.